The molecule has 0 radical (unpaired) electrons. The number of benzene rings is 2. The number of hydrogen-bond donors (Lipinski definition) is 3. The van der Waals surface area contributed by atoms with Crippen LogP contribution >= 0.6 is 11.6 Å². The molecule has 0 aromatic heterocycles. The first-order chi connectivity index (χ1) is 11.6. The molecule has 1 aliphatic heterocycles. The minimum absolute atomic E-state index is 0.0832. The van der Waals surface area contributed by atoms with Gasteiger partial charge in [-0.2, -0.15) is 0 Å². The predicted octanol–water partition coefficient (Wildman–Crippen LogP) is 3.55. The minimum atomic E-state index is -0.306. The Kier molecular flexibility index (Phi) is 5.01. The summed E-state index contributed by atoms with van der Waals surface area (Å²) in [6.07, 6.45) is 0.869. The Morgan fingerprint density at radius 2 is 1.92 bits per heavy atom. The third-order valence-electron chi connectivity index (χ3n) is 3.91. The number of rotatable bonds is 4. The van der Waals surface area contributed by atoms with Crippen LogP contribution in [0.15, 0.2) is 48.5 Å². The highest BCUT2D eigenvalue weighted by Gasteiger charge is 2.26. The van der Waals surface area contributed by atoms with Crippen LogP contribution in [0.3, 0.4) is 0 Å². The Balaban J connectivity index is 1.77. The lowest BCUT2D eigenvalue weighted by atomic mass is 9.96. The van der Waals surface area contributed by atoms with Crippen LogP contribution < -0.4 is 16.0 Å². The lowest BCUT2D eigenvalue weighted by molar-refractivity contribution is -0.129. The summed E-state index contributed by atoms with van der Waals surface area (Å²) in [7, 11) is 0. The van der Waals surface area contributed by atoms with E-state index in [4.69, 9.17) is 11.6 Å². The predicted molar refractivity (Wildman–Crippen MR) is 95.5 cm³/mol. The highest BCUT2D eigenvalue weighted by molar-refractivity contribution is 6.31. The molecular weight excluding hydrogens is 326 g/mol. The van der Waals surface area contributed by atoms with Gasteiger partial charge in [0, 0.05) is 29.6 Å². The van der Waals surface area contributed by atoms with E-state index in [9.17, 15) is 9.59 Å². The summed E-state index contributed by atoms with van der Waals surface area (Å²) in [5.74, 6) is -0.539. The molecule has 3 rings (SSSR count). The van der Waals surface area contributed by atoms with Crippen LogP contribution in [-0.2, 0) is 9.59 Å². The second-order valence-corrected chi connectivity index (χ2v) is 6.15. The molecule has 1 unspecified atom stereocenters. The van der Waals surface area contributed by atoms with Gasteiger partial charge in [0.2, 0.25) is 11.8 Å². The maximum Gasteiger partial charge on any atom is 0.228 e. The first-order valence-corrected chi connectivity index (χ1v) is 8.19. The maximum absolute atomic E-state index is 12.5. The van der Waals surface area contributed by atoms with Crippen molar-refractivity contribution in [3.63, 3.8) is 0 Å². The molecule has 6 heteroatoms. The number of carbonyl (C=O) groups excluding carboxylic acids is 2. The van der Waals surface area contributed by atoms with Gasteiger partial charge >= 0.3 is 0 Å². The quantitative estimate of drug-likeness (QED) is 0.795. The summed E-state index contributed by atoms with van der Waals surface area (Å²) in [5, 5.41) is 9.47. The van der Waals surface area contributed by atoms with Crippen molar-refractivity contribution in [2.24, 2.45) is 5.92 Å². The van der Waals surface area contributed by atoms with Gasteiger partial charge in [-0.05, 0) is 36.8 Å². The van der Waals surface area contributed by atoms with Gasteiger partial charge in [-0.1, -0.05) is 29.8 Å². The number of amides is 2. The Labute approximate surface area is 145 Å². The Hall–Kier alpha value is -2.53. The highest BCUT2D eigenvalue weighted by Crippen LogP contribution is 2.29. The van der Waals surface area contributed by atoms with Crippen LogP contribution in [0.25, 0.3) is 0 Å². The summed E-state index contributed by atoms with van der Waals surface area (Å²) in [5.41, 5.74) is 2.24. The Morgan fingerprint density at radius 3 is 2.67 bits per heavy atom. The van der Waals surface area contributed by atoms with Gasteiger partial charge in [0.25, 0.3) is 0 Å². The van der Waals surface area contributed by atoms with Crippen molar-refractivity contribution in [1.82, 2.24) is 5.32 Å². The lowest BCUT2D eigenvalue weighted by Gasteiger charge is -2.22. The largest absolute Gasteiger partial charge is 0.356 e. The SMILES string of the molecule is O=C1CC(C(=O)Nc2ccc(Cl)cc2Nc2ccccc2)CCN1. The van der Waals surface area contributed by atoms with Gasteiger partial charge in [0.15, 0.2) is 0 Å². The molecule has 1 saturated heterocycles. The zero-order valence-corrected chi connectivity index (χ0v) is 13.8. The average molecular weight is 344 g/mol. The fourth-order valence-corrected chi connectivity index (χ4v) is 2.82. The standard InChI is InChI=1S/C18H18ClN3O2/c19-13-6-7-15(16(11-13)21-14-4-2-1-3-5-14)22-18(24)12-8-9-20-17(23)10-12/h1-7,11-12,21H,8-10H2,(H,20,23)(H,22,24). The Morgan fingerprint density at radius 1 is 1.12 bits per heavy atom. The smallest absolute Gasteiger partial charge is 0.228 e. The number of anilines is 3. The molecule has 0 bridgehead atoms. The third-order valence-corrected chi connectivity index (χ3v) is 4.14. The molecule has 2 aromatic carbocycles. The summed E-state index contributed by atoms with van der Waals surface area (Å²) < 4.78 is 0. The van der Waals surface area contributed by atoms with E-state index < -0.39 is 0 Å². The molecule has 3 N–H and O–H groups in total. The molecule has 2 aromatic rings. The van der Waals surface area contributed by atoms with Gasteiger partial charge in [-0.25, -0.2) is 0 Å². The van der Waals surface area contributed by atoms with Gasteiger partial charge in [-0.3, -0.25) is 9.59 Å². The van der Waals surface area contributed by atoms with Crippen molar-refractivity contribution in [2.45, 2.75) is 12.8 Å². The topological polar surface area (TPSA) is 70.2 Å². The first kappa shape index (κ1) is 16.3. The van der Waals surface area contributed by atoms with Crippen molar-refractivity contribution >= 4 is 40.5 Å². The van der Waals surface area contributed by atoms with Crippen LogP contribution in [0.4, 0.5) is 17.1 Å². The molecule has 0 spiro atoms. The highest BCUT2D eigenvalue weighted by atomic mass is 35.5. The molecule has 2 amide bonds. The van der Waals surface area contributed by atoms with Gasteiger partial charge in [0.1, 0.15) is 0 Å². The minimum Gasteiger partial charge on any atom is -0.356 e. The fourth-order valence-electron chi connectivity index (χ4n) is 2.65. The van der Waals surface area contributed by atoms with Crippen LogP contribution in [0, 0.1) is 5.92 Å². The molecule has 1 fully saturated rings. The number of carbonyl (C=O) groups is 2. The van der Waals surface area contributed by atoms with Crippen molar-refractivity contribution in [1.29, 1.82) is 0 Å². The first-order valence-electron chi connectivity index (χ1n) is 7.81. The second kappa shape index (κ2) is 7.36. The summed E-state index contributed by atoms with van der Waals surface area (Å²) in [6, 6.07) is 14.9. The maximum atomic E-state index is 12.5. The number of piperidine rings is 1. The van der Waals surface area contributed by atoms with Crippen LogP contribution in [-0.4, -0.2) is 18.4 Å². The van der Waals surface area contributed by atoms with Gasteiger partial charge < -0.3 is 16.0 Å². The number of halogens is 1. The molecular formula is C18H18ClN3O2. The van der Waals surface area contributed by atoms with Crippen LogP contribution in [0.2, 0.25) is 5.02 Å². The molecule has 0 saturated carbocycles. The van der Waals surface area contributed by atoms with Crippen LogP contribution in [0.5, 0.6) is 0 Å². The lowest BCUT2D eigenvalue weighted by Crippen LogP contribution is -2.38. The fraction of sp³-hybridized carbons (Fsp3) is 0.222. The van der Waals surface area contributed by atoms with E-state index in [2.05, 4.69) is 16.0 Å². The zero-order valence-electron chi connectivity index (χ0n) is 13.0. The van der Waals surface area contributed by atoms with Gasteiger partial charge in [0.05, 0.1) is 11.4 Å². The summed E-state index contributed by atoms with van der Waals surface area (Å²) in [4.78, 5) is 23.9. The Bertz CT molecular complexity index is 749. The number of nitrogens with one attached hydrogen (secondary N) is 3. The van der Waals surface area contributed by atoms with E-state index in [1.807, 2.05) is 30.3 Å². The molecule has 0 aliphatic carbocycles. The van der Waals surface area contributed by atoms with Crippen molar-refractivity contribution < 1.29 is 9.59 Å². The van der Waals surface area contributed by atoms with Gasteiger partial charge in [-0.15, -0.1) is 0 Å². The summed E-state index contributed by atoms with van der Waals surface area (Å²) in [6.45, 7) is 0.534. The number of para-hydroxylation sites is 1. The van der Waals surface area contributed by atoms with E-state index in [0.29, 0.717) is 29.4 Å². The van der Waals surface area contributed by atoms with E-state index in [1.54, 1.807) is 18.2 Å². The van der Waals surface area contributed by atoms with Crippen molar-refractivity contribution in [3.05, 3.63) is 53.6 Å². The number of hydrogen-bond acceptors (Lipinski definition) is 3. The molecule has 5 nitrogen and oxygen atoms in total. The van der Waals surface area contributed by atoms with E-state index >= 15 is 0 Å². The molecule has 24 heavy (non-hydrogen) atoms. The normalized spacial score (nSPS) is 17.0. The zero-order chi connectivity index (χ0) is 16.9. The average Bonchev–Trinajstić information content (AvgIpc) is 2.58. The molecule has 1 aliphatic rings. The van der Waals surface area contributed by atoms with Crippen LogP contribution in [0.1, 0.15) is 12.8 Å². The van der Waals surface area contributed by atoms with Crippen molar-refractivity contribution in [3.8, 4) is 0 Å². The molecule has 1 heterocycles. The monoisotopic (exact) mass is 343 g/mol. The second-order valence-electron chi connectivity index (χ2n) is 5.71. The molecule has 1 atom stereocenters. The van der Waals surface area contributed by atoms with E-state index in [-0.39, 0.29) is 24.2 Å². The third kappa shape index (κ3) is 4.06. The van der Waals surface area contributed by atoms with E-state index in [1.165, 1.54) is 0 Å². The molecule has 124 valence electrons. The van der Waals surface area contributed by atoms with Crippen molar-refractivity contribution in [2.75, 3.05) is 17.2 Å². The summed E-state index contributed by atoms with van der Waals surface area (Å²) >= 11 is 6.08. The van der Waals surface area contributed by atoms with E-state index in [0.717, 1.165) is 5.69 Å².